The fourth-order valence-corrected chi connectivity index (χ4v) is 4.28. The molecule has 1 aliphatic heterocycles. The Morgan fingerprint density at radius 3 is 2.17 bits per heavy atom. The number of halogens is 3. The van der Waals surface area contributed by atoms with E-state index in [0.29, 0.717) is 11.5 Å². The summed E-state index contributed by atoms with van der Waals surface area (Å²) in [6.45, 7) is 8.73. The quantitative estimate of drug-likeness (QED) is 0.789. The number of aromatic nitrogens is 2. The smallest absolute Gasteiger partial charge is 0.405 e. The monoisotopic (exact) mass is 408 g/mol. The first-order valence-corrected chi connectivity index (χ1v) is 9.56. The zero-order valence-electron chi connectivity index (χ0n) is 17.3. The maximum absolute atomic E-state index is 12.7. The van der Waals surface area contributed by atoms with Crippen molar-refractivity contribution in [2.24, 2.45) is 0 Å². The Kier molecular flexibility index (Phi) is 5.51. The number of benzene rings is 1. The van der Waals surface area contributed by atoms with Crippen LogP contribution in [0.25, 0.3) is 11.3 Å². The van der Waals surface area contributed by atoms with Crippen LogP contribution in [0.5, 0.6) is 5.75 Å². The van der Waals surface area contributed by atoms with E-state index in [9.17, 15) is 13.2 Å². The van der Waals surface area contributed by atoms with Gasteiger partial charge in [0.15, 0.2) is 5.82 Å². The van der Waals surface area contributed by atoms with E-state index in [1.54, 1.807) is 18.2 Å². The van der Waals surface area contributed by atoms with Crippen molar-refractivity contribution in [1.82, 2.24) is 15.5 Å². The van der Waals surface area contributed by atoms with Gasteiger partial charge in [0, 0.05) is 29.7 Å². The van der Waals surface area contributed by atoms with Crippen LogP contribution < -0.4 is 15.0 Å². The van der Waals surface area contributed by atoms with Gasteiger partial charge in [-0.2, -0.15) is 0 Å². The largest absolute Gasteiger partial charge is 0.573 e. The van der Waals surface area contributed by atoms with E-state index in [1.807, 2.05) is 7.05 Å². The second-order valence-electron chi connectivity index (χ2n) is 8.89. The van der Waals surface area contributed by atoms with Crippen LogP contribution in [0.3, 0.4) is 0 Å². The van der Waals surface area contributed by atoms with Crippen molar-refractivity contribution in [3.8, 4) is 17.0 Å². The molecule has 0 aliphatic carbocycles. The molecule has 0 bridgehead atoms. The van der Waals surface area contributed by atoms with Crippen molar-refractivity contribution in [3.63, 3.8) is 0 Å². The number of anilines is 1. The zero-order chi connectivity index (χ0) is 21.4. The van der Waals surface area contributed by atoms with Crippen molar-refractivity contribution in [2.75, 3.05) is 11.9 Å². The fraction of sp³-hybridized carbons (Fsp3) is 0.524. The molecule has 0 spiro atoms. The van der Waals surface area contributed by atoms with Crippen LogP contribution in [0.2, 0.25) is 0 Å². The number of rotatable bonds is 4. The van der Waals surface area contributed by atoms with Crippen LogP contribution >= 0.6 is 0 Å². The first-order valence-electron chi connectivity index (χ1n) is 9.56. The molecular weight excluding hydrogens is 381 g/mol. The molecule has 0 radical (unpaired) electrons. The molecule has 1 fully saturated rings. The Hall–Kier alpha value is -2.35. The van der Waals surface area contributed by atoms with Gasteiger partial charge >= 0.3 is 6.36 Å². The average molecular weight is 408 g/mol. The molecule has 8 heteroatoms. The van der Waals surface area contributed by atoms with Crippen LogP contribution in [0.15, 0.2) is 36.4 Å². The van der Waals surface area contributed by atoms with Gasteiger partial charge in [-0.3, -0.25) is 0 Å². The number of hydrogen-bond acceptors (Lipinski definition) is 5. The van der Waals surface area contributed by atoms with E-state index in [1.165, 1.54) is 18.2 Å². The highest BCUT2D eigenvalue weighted by atomic mass is 19.4. The van der Waals surface area contributed by atoms with Crippen LogP contribution in [-0.2, 0) is 0 Å². The summed E-state index contributed by atoms with van der Waals surface area (Å²) in [6.07, 6.45) is -2.88. The standard InChI is InChI=1S/C21H27F3N4O/c1-19(2)12-14(13-20(3,4)27-19)28(5)18-11-10-16(25-26-18)15-8-6-7-9-17(15)29-21(22,23)24/h6-11,14,27H,12-13H2,1-5H3. The lowest BCUT2D eigenvalue weighted by Crippen LogP contribution is -2.62. The molecule has 0 saturated carbocycles. The number of hydrogen-bond donors (Lipinski definition) is 1. The van der Waals surface area contributed by atoms with E-state index in [2.05, 4.69) is 52.8 Å². The third kappa shape index (κ3) is 5.38. The fourth-order valence-electron chi connectivity index (χ4n) is 4.28. The van der Waals surface area contributed by atoms with Crippen LogP contribution in [0.1, 0.15) is 40.5 Å². The maximum Gasteiger partial charge on any atom is 0.573 e. The van der Waals surface area contributed by atoms with Crippen molar-refractivity contribution < 1.29 is 17.9 Å². The summed E-state index contributed by atoms with van der Waals surface area (Å²) in [6, 6.07) is 9.65. The van der Waals surface area contributed by atoms with E-state index in [0.717, 1.165) is 12.8 Å². The van der Waals surface area contributed by atoms with Gasteiger partial charge in [0.1, 0.15) is 5.75 Å². The maximum atomic E-state index is 12.7. The van der Waals surface area contributed by atoms with Gasteiger partial charge in [-0.25, -0.2) is 0 Å². The molecule has 158 valence electrons. The topological polar surface area (TPSA) is 50.3 Å². The summed E-state index contributed by atoms with van der Waals surface area (Å²) in [7, 11) is 1.98. The summed E-state index contributed by atoms with van der Waals surface area (Å²) in [5, 5.41) is 12.1. The molecule has 1 aromatic carbocycles. The van der Waals surface area contributed by atoms with Crippen LogP contribution in [0.4, 0.5) is 19.0 Å². The number of nitrogens with zero attached hydrogens (tertiary/aromatic N) is 3. The summed E-state index contributed by atoms with van der Waals surface area (Å²) in [5.41, 5.74) is 0.549. The molecule has 1 N–H and O–H groups in total. The predicted octanol–water partition coefficient (Wildman–Crippen LogP) is 4.79. The molecule has 3 rings (SSSR count). The first kappa shape index (κ1) is 21.4. The Morgan fingerprint density at radius 1 is 1.00 bits per heavy atom. The molecule has 1 aliphatic rings. The Morgan fingerprint density at radius 2 is 1.62 bits per heavy atom. The third-order valence-corrected chi connectivity index (χ3v) is 5.12. The van der Waals surface area contributed by atoms with Gasteiger partial charge in [-0.05, 0) is 64.8 Å². The molecule has 29 heavy (non-hydrogen) atoms. The number of ether oxygens (including phenoxy) is 1. The summed E-state index contributed by atoms with van der Waals surface area (Å²) in [4.78, 5) is 2.10. The highest BCUT2D eigenvalue weighted by Gasteiger charge is 2.39. The Bertz CT molecular complexity index is 834. The molecule has 2 aromatic rings. The number of nitrogens with one attached hydrogen (secondary N) is 1. The molecule has 0 atom stereocenters. The van der Waals surface area contributed by atoms with Gasteiger partial charge in [-0.15, -0.1) is 23.4 Å². The minimum atomic E-state index is -4.77. The third-order valence-electron chi connectivity index (χ3n) is 5.12. The molecule has 2 heterocycles. The van der Waals surface area contributed by atoms with Gasteiger partial charge in [0.2, 0.25) is 0 Å². The molecular formula is C21H27F3N4O. The van der Waals surface area contributed by atoms with Crippen molar-refractivity contribution >= 4 is 5.82 Å². The zero-order valence-corrected chi connectivity index (χ0v) is 17.3. The lowest BCUT2D eigenvalue weighted by atomic mass is 9.79. The predicted molar refractivity (Wildman–Crippen MR) is 107 cm³/mol. The highest BCUT2D eigenvalue weighted by molar-refractivity contribution is 5.67. The molecule has 1 saturated heterocycles. The number of alkyl halides is 3. The van der Waals surface area contributed by atoms with Crippen LogP contribution in [0, 0.1) is 0 Å². The summed E-state index contributed by atoms with van der Waals surface area (Å²) < 4.78 is 42.1. The SMILES string of the molecule is CN(c1ccc(-c2ccccc2OC(F)(F)F)nn1)C1CC(C)(C)NC(C)(C)C1. The average Bonchev–Trinajstić information content (AvgIpc) is 2.58. The minimum Gasteiger partial charge on any atom is -0.405 e. The van der Waals surface area contributed by atoms with Gasteiger partial charge in [0.25, 0.3) is 0 Å². The van der Waals surface area contributed by atoms with E-state index in [4.69, 9.17) is 0 Å². The lowest BCUT2D eigenvalue weighted by Gasteiger charge is -2.49. The Labute approximate surface area is 169 Å². The second-order valence-corrected chi connectivity index (χ2v) is 8.89. The van der Waals surface area contributed by atoms with Gasteiger partial charge < -0.3 is 15.0 Å². The molecule has 0 unspecified atom stereocenters. The van der Waals surface area contributed by atoms with E-state index >= 15 is 0 Å². The number of para-hydroxylation sites is 1. The lowest BCUT2D eigenvalue weighted by molar-refractivity contribution is -0.274. The number of piperidine rings is 1. The molecule has 5 nitrogen and oxygen atoms in total. The Balaban J connectivity index is 1.82. The summed E-state index contributed by atoms with van der Waals surface area (Å²) in [5.74, 6) is 0.388. The van der Waals surface area contributed by atoms with Crippen molar-refractivity contribution in [3.05, 3.63) is 36.4 Å². The molecule has 0 amide bonds. The first-order chi connectivity index (χ1) is 13.4. The summed E-state index contributed by atoms with van der Waals surface area (Å²) >= 11 is 0. The molecule has 1 aromatic heterocycles. The van der Waals surface area contributed by atoms with Crippen LogP contribution in [-0.4, -0.2) is 40.7 Å². The van der Waals surface area contributed by atoms with Gasteiger partial charge in [-0.1, -0.05) is 12.1 Å². The highest BCUT2D eigenvalue weighted by Crippen LogP contribution is 2.34. The van der Waals surface area contributed by atoms with Gasteiger partial charge in [0.05, 0.1) is 5.69 Å². The van der Waals surface area contributed by atoms with Crippen molar-refractivity contribution in [1.29, 1.82) is 0 Å². The van der Waals surface area contributed by atoms with E-state index < -0.39 is 6.36 Å². The minimum absolute atomic E-state index is 0.0120. The van der Waals surface area contributed by atoms with Crippen molar-refractivity contribution in [2.45, 2.75) is 64.0 Å². The van der Waals surface area contributed by atoms with E-state index in [-0.39, 0.29) is 28.4 Å². The second kappa shape index (κ2) is 7.48. The normalized spacial score (nSPS) is 19.0.